The summed E-state index contributed by atoms with van der Waals surface area (Å²) in [6.45, 7) is 6.15. The molecule has 4 aromatic rings. The lowest BCUT2D eigenvalue weighted by atomic mass is 10.0. The van der Waals surface area contributed by atoms with Crippen LogP contribution in [0.15, 0.2) is 42.6 Å². The molecule has 0 spiro atoms. The number of aliphatic hydroxyl groups excluding tert-OH is 1. The van der Waals surface area contributed by atoms with Crippen molar-refractivity contribution in [1.29, 1.82) is 0 Å². The number of aliphatic hydroxyl groups is 1. The van der Waals surface area contributed by atoms with Gasteiger partial charge in [-0.1, -0.05) is 12.1 Å². The molecule has 0 saturated carbocycles. The van der Waals surface area contributed by atoms with Crippen LogP contribution in [0.2, 0.25) is 0 Å². The van der Waals surface area contributed by atoms with E-state index in [9.17, 15) is 13.9 Å². The van der Waals surface area contributed by atoms with E-state index < -0.39 is 17.9 Å². The number of nitrogens with one attached hydrogen (secondary N) is 3. The number of rotatable bonds is 7. The summed E-state index contributed by atoms with van der Waals surface area (Å²) in [4.78, 5) is 6.67. The zero-order valence-electron chi connectivity index (χ0n) is 21.5. The molecule has 1 aliphatic rings. The normalized spacial score (nSPS) is 18.4. The predicted octanol–water partition coefficient (Wildman–Crippen LogP) is 4.21. The summed E-state index contributed by atoms with van der Waals surface area (Å²) >= 11 is 0. The van der Waals surface area contributed by atoms with Crippen molar-refractivity contribution in [3.63, 3.8) is 0 Å². The molecule has 9 nitrogen and oxygen atoms in total. The van der Waals surface area contributed by atoms with Gasteiger partial charge in [-0.15, -0.1) is 0 Å². The maximum absolute atomic E-state index is 15.0. The standard InChI is InChI=1S/C27H30F2N6O3/c1-14-12-35(13-15(2)31-14)18-7-5-16(6-8-18)27(36)32-26-25-19(33-34-26)9-17(11-30-25)22-23(28)20(37-3)10-21(38-4)24(22)29/h5-11,14-15,27,31,36H,12-13H2,1-4H3,(H2,32,33,34)/t14-,15+,27?. The van der Waals surface area contributed by atoms with Crippen molar-refractivity contribution in [3.05, 3.63) is 59.8 Å². The molecule has 5 rings (SSSR count). The van der Waals surface area contributed by atoms with Crippen LogP contribution in [0.5, 0.6) is 11.5 Å². The molecule has 0 aliphatic carbocycles. The van der Waals surface area contributed by atoms with Gasteiger partial charge in [-0.25, -0.2) is 8.78 Å². The summed E-state index contributed by atoms with van der Waals surface area (Å²) in [6.07, 6.45) is 0.287. The van der Waals surface area contributed by atoms with E-state index in [2.05, 4.69) is 44.6 Å². The van der Waals surface area contributed by atoms with Crippen LogP contribution >= 0.6 is 0 Å². The first-order valence-electron chi connectivity index (χ1n) is 12.3. The molecule has 1 unspecified atom stereocenters. The van der Waals surface area contributed by atoms with Crippen molar-refractivity contribution in [2.75, 3.05) is 37.5 Å². The average Bonchev–Trinajstić information content (AvgIpc) is 3.30. The Hall–Kier alpha value is -3.96. The molecule has 1 fully saturated rings. The van der Waals surface area contributed by atoms with Gasteiger partial charge < -0.3 is 30.1 Å². The van der Waals surface area contributed by atoms with Crippen LogP contribution < -0.4 is 25.0 Å². The van der Waals surface area contributed by atoms with Crippen LogP contribution in [0.4, 0.5) is 20.3 Å². The molecule has 1 saturated heterocycles. The van der Waals surface area contributed by atoms with Crippen molar-refractivity contribution in [1.82, 2.24) is 20.5 Å². The molecule has 11 heteroatoms. The zero-order chi connectivity index (χ0) is 27.0. The lowest BCUT2D eigenvalue weighted by molar-refractivity contribution is 0.208. The molecule has 2 aromatic carbocycles. The number of fused-ring (bicyclic) bond motifs is 1. The molecule has 4 N–H and O–H groups in total. The third-order valence-electron chi connectivity index (χ3n) is 6.67. The Morgan fingerprint density at radius 3 is 2.26 bits per heavy atom. The van der Waals surface area contributed by atoms with Gasteiger partial charge in [-0.2, -0.15) is 5.10 Å². The van der Waals surface area contributed by atoms with E-state index in [-0.39, 0.29) is 22.6 Å². The van der Waals surface area contributed by atoms with E-state index >= 15 is 0 Å². The molecule has 0 radical (unpaired) electrons. The van der Waals surface area contributed by atoms with Crippen molar-refractivity contribution in [2.45, 2.75) is 32.2 Å². The van der Waals surface area contributed by atoms with E-state index in [4.69, 9.17) is 9.47 Å². The van der Waals surface area contributed by atoms with Crippen LogP contribution in [0.1, 0.15) is 25.6 Å². The lowest BCUT2D eigenvalue weighted by Crippen LogP contribution is -2.54. The number of hydrogen-bond acceptors (Lipinski definition) is 8. The van der Waals surface area contributed by atoms with Gasteiger partial charge in [0.15, 0.2) is 35.2 Å². The average molecular weight is 525 g/mol. The zero-order valence-corrected chi connectivity index (χ0v) is 21.5. The Morgan fingerprint density at radius 2 is 1.66 bits per heavy atom. The third-order valence-corrected chi connectivity index (χ3v) is 6.67. The van der Waals surface area contributed by atoms with E-state index in [1.165, 1.54) is 26.5 Å². The fourth-order valence-electron chi connectivity index (χ4n) is 4.90. The van der Waals surface area contributed by atoms with E-state index in [0.717, 1.165) is 24.8 Å². The number of ether oxygens (including phenoxy) is 2. The minimum Gasteiger partial charge on any atom is -0.494 e. The summed E-state index contributed by atoms with van der Waals surface area (Å²) in [7, 11) is 2.58. The van der Waals surface area contributed by atoms with Gasteiger partial charge in [0, 0.05) is 54.3 Å². The monoisotopic (exact) mass is 524 g/mol. The molecule has 3 atom stereocenters. The first-order valence-corrected chi connectivity index (χ1v) is 12.3. The summed E-state index contributed by atoms with van der Waals surface area (Å²) in [5.74, 6) is -1.74. The van der Waals surface area contributed by atoms with Crippen molar-refractivity contribution >= 4 is 22.5 Å². The van der Waals surface area contributed by atoms with Crippen LogP contribution in [0.25, 0.3) is 22.2 Å². The highest BCUT2D eigenvalue weighted by Gasteiger charge is 2.24. The van der Waals surface area contributed by atoms with Crippen molar-refractivity contribution in [2.24, 2.45) is 0 Å². The fourth-order valence-corrected chi connectivity index (χ4v) is 4.90. The van der Waals surface area contributed by atoms with E-state index in [1.54, 1.807) is 0 Å². The second-order valence-corrected chi connectivity index (χ2v) is 9.49. The van der Waals surface area contributed by atoms with Gasteiger partial charge in [0.1, 0.15) is 5.52 Å². The smallest absolute Gasteiger partial charge is 0.176 e. The summed E-state index contributed by atoms with van der Waals surface area (Å²) in [5, 5.41) is 24.3. The van der Waals surface area contributed by atoms with Crippen molar-refractivity contribution < 1.29 is 23.4 Å². The Morgan fingerprint density at radius 1 is 1.03 bits per heavy atom. The lowest BCUT2D eigenvalue weighted by Gasteiger charge is -2.37. The largest absolute Gasteiger partial charge is 0.494 e. The van der Waals surface area contributed by atoms with Gasteiger partial charge in [0.25, 0.3) is 0 Å². The molecule has 200 valence electrons. The maximum Gasteiger partial charge on any atom is 0.176 e. The Balaban J connectivity index is 1.37. The number of H-pyrrole nitrogens is 1. The minimum atomic E-state index is -1.05. The number of aromatic amines is 1. The van der Waals surface area contributed by atoms with Crippen LogP contribution in [-0.2, 0) is 0 Å². The van der Waals surface area contributed by atoms with Gasteiger partial charge in [0.2, 0.25) is 0 Å². The highest BCUT2D eigenvalue weighted by molar-refractivity contribution is 5.89. The fraction of sp³-hybridized carbons (Fsp3) is 0.333. The van der Waals surface area contributed by atoms with E-state index in [1.807, 2.05) is 24.3 Å². The number of piperazine rings is 1. The predicted molar refractivity (Wildman–Crippen MR) is 142 cm³/mol. The van der Waals surface area contributed by atoms with Crippen molar-refractivity contribution in [3.8, 4) is 22.6 Å². The number of methoxy groups -OCH3 is 2. The van der Waals surface area contributed by atoms with Crippen LogP contribution in [0, 0.1) is 11.6 Å². The first kappa shape index (κ1) is 25.7. The van der Waals surface area contributed by atoms with Gasteiger partial charge in [-0.3, -0.25) is 10.1 Å². The summed E-state index contributed by atoms with van der Waals surface area (Å²) < 4.78 is 40.0. The maximum atomic E-state index is 15.0. The number of hydrogen-bond donors (Lipinski definition) is 4. The molecule has 38 heavy (non-hydrogen) atoms. The molecule has 0 amide bonds. The molecular formula is C27H30F2N6O3. The third kappa shape index (κ3) is 4.82. The second kappa shape index (κ2) is 10.4. The molecule has 0 bridgehead atoms. The summed E-state index contributed by atoms with van der Waals surface area (Å²) in [5.41, 5.74) is 2.43. The van der Waals surface area contributed by atoms with Crippen LogP contribution in [0.3, 0.4) is 0 Å². The first-order chi connectivity index (χ1) is 18.3. The Kier molecular flexibility index (Phi) is 7.04. The number of pyridine rings is 1. The number of nitrogens with zero attached hydrogens (tertiary/aromatic N) is 3. The van der Waals surface area contributed by atoms with Gasteiger partial charge in [0.05, 0.1) is 25.3 Å². The Labute approximate surface area is 218 Å². The van der Waals surface area contributed by atoms with E-state index in [0.29, 0.717) is 34.5 Å². The minimum absolute atomic E-state index is 0.152. The highest BCUT2D eigenvalue weighted by atomic mass is 19.1. The second-order valence-electron chi connectivity index (χ2n) is 9.49. The molecule has 1 aliphatic heterocycles. The number of halogens is 2. The molecule has 2 aromatic heterocycles. The SMILES string of the molecule is COc1cc(OC)c(F)c(-c2cnc3c(NC(O)c4ccc(N5C[C@@H](C)N[C@@H](C)C5)cc4)n[nH]c3c2)c1F. The summed E-state index contributed by atoms with van der Waals surface area (Å²) in [6, 6.07) is 11.2. The highest BCUT2D eigenvalue weighted by Crippen LogP contribution is 2.38. The van der Waals surface area contributed by atoms with Gasteiger partial charge >= 0.3 is 0 Å². The quantitative estimate of drug-likeness (QED) is 0.267. The van der Waals surface area contributed by atoms with Crippen LogP contribution in [-0.4, -0.2) is 59.7 Å². The Bertz CT molecular complexity index is 1410. The van der Waals surface area contributed by atoms with Gasteiger partial charge in [-0.05, 0) is 32.0 Å². The molecule has 3 heterocycles. The number of anilines is 2. The molecular weight excluding hydrogens is 494 g/mol. The number of benzene rings is 2. The number of aromatic nitrogens is 3. The topological polar surface area (TPSA) is 108 Å².